The number of benzene rings is 1. The Balaban J connectivity index is 2.95. The van der Waals surface area contributed by atoms with Crippen LogP contribution in [0.2, 0.25) is 0 Å². The summed E-state index contributed by atoms with van der Waals surface area (Å²) in [5, 5.41) is 9.22. The molecule has 0 saturated carbocycles. The fourth-order valence-corrected chi connectivity index (χ4v) is 2.08. The van der Waals surface area contributed by atoms with Crippen LogP contribution in [0, 0.1) is 5.92 Å². The Labute approximate surface area is 108 Å². The molecule has 1 aromatic rings. The third-order valence-electron chi connectivity index (χ3n) is 2.86. The summed E-state index contributed by atoms with van der Waals surface area (Å²) < 4.78 is 0. The van der Waals surface area contributed by atoms with Gasteiger partial charge in [-0.25, -0.2) is 4.79 Å². The molecular weight excluding hydrogens is 228 g/mol. The Morgan fingerprint density at radius 2 is 2.11 bits per heavy atom. The summed E-state index contributed by atoms with van der Waals surface area (Å²) in [6, 6.07) is 5.27. The number of nitrogens with two attached hydrogens (primary N) is 1. The average molecular weight is 250 g/mol. The first-order chi connectivity index (χ1) is 8.45. The van der Waals surface area contributed by atoms with Crippen molar-refractivity contribution in [2.45, 2.75) is 27.3 Å². The minimum atomic E-state index is -0.955. The molecule has 0 saturated heterocycles. The monoisotopic (exact) mass is 250 g/mol. The highest BCUT2D eigenvalue weighted by Gasteiger charge is 2.16. The molecule has 1 rings (SSSR count). The molecule has 0 radical (unpaired) electrons. The Kier molecular flexibility index (Phi) is 5.16. The Bertz CT molecular complexity index is 416. The lowest BCUT2D eigenvalue weighted by Crippen LogP contribution is -2.28. The molecule has 0 unspecified atom stereocenters. The first-order valence-electron chi connectivity index (χ1n) is 6.28. The van der Waals surface area contributed by atoms with E-state index < -0.39 is 5.97 Å². The van der Waals surface area contributed by atoms with E-state index in [9.17, 15) is 9.90 Å². The summed E-state index contributed by atoms with van der Waals surface area (Å²) in [4.78, 5) is 13.5. The Hall–Kier alpha value is -1.55. The normalized spacial score (nSPS) is 11.2. The van der Waals surface area contributed by atoms with E-state index in [1.165, 1.54) is 0 Å². The van der Waals surface area contributed by atoms with Crippen LogP contribution in [0.4, 0.5) is 5.69 Å². The number of carboxylic acid groups (broad SMARTS) is 1. The molecule has 0 aromatic heterocycles. The van der Waals surface area contributed by atoms with Crippen LogP contribution in [0.3, 0.4) is 0 Å². The summed E-state index contributed by atoms with van der Waals surface area (Å²) in [6.07, 6.45) is 0. The molecule has 4 heteroatoms. The van der Waals surface area contributed by atoms with E-state index in [0.29, 0.717) is 18.2 Å². The first kappa shape index (κ1) is 14.5. The van der Waals surface area contributed by atoms with Crippen molar-refractivity contribution >= 4 is 11.7 Å². The van der Waals surface area contributed by atoms with Crippen molar-refractivity contribution in [1.29, 1.82) is 0 Å². The average Bonchev–Trinajstić information content (AvgIpc) is 2.27. The number of hydrogen-bond donors (Lipinski definition) is 2. The summed E-state index contributed by atoms with van der Waals surface area (Å²) in [7, 11) is 0. The van der Waals surface area contributed by atoms with Crippen LogP contribution in [-0.4, -0.2) is 29.1 Å². The molecule has 0 heterocycles. The molecule has 1 aromatic carbocycles. The quantitative estimate of drug-likeness (QED) is 0.761. The fraction of sp³-hybridized carbons (Fsp3) is 0.500. The van der Waals surface area contributed by atoms with Gasteiger partial charge in [-0.1, -0.05) is 32.9 Å². The van der Waals surface area contributed by atoms with Crippen molar-refractivity contribution in [2.24, 2.45) is 5.92 Å². The van der Waals surface area contributed by atoms with Gasteiger partial charge in [0.25, 0.3) is 0 Å². The van der Waals surface area contributed by atoms with E-state index in [1.807, 2.05) is 6.07 Å². The van der Waals surface area contributed by atoms with Crippen LogP contribution < -0.4 is 5.73 Å². The van der Waals surface area contributed by atoms with Gasteiger partial charge in [-0.15, -0.1) is 0 Å². The van der Waals surface area contributed by atoms with Crippen molar-refractivity contribution in [2.75, 3.05) is 18.8 Å². The lowest BCUT2D eigenvalue weighted by Gasteiger charge is -2.23. The molecule has 0 atom stereocenters. The van der Waals surface area contributed by atoms with Gasteiger partial charge in [0.2, 0.25) is 0 Å². The predicted molar refractivity (Wildman–Crippen MR) is 73.6 cm³/mol. The second-order valence-corrected chi connectivity index (χ2v) is 4.91. The third kappa shape index (κ3) is 3.74. The van der Waals surface area contributed by atoms with Gasteiger partial charge in [0.05, 0.1) is 5.56 Å². The number of anilines is 1. The van der Waals surface area contributed by atoms with Crippen molar-refractivity contribution in [3.8, 4) is 0 Å². The zero-order valence-electron chi connectivity index (χ0n) is 11.3. The number of aromatic carboxylic acids is 1. The number of carboxylic acids is 1. The van der Waals surface area contributed by atoms with Crippen LogP contribution in [0.5, 0.6) is 0 Å². The standard InChI is InChI=1S/C14H22N2O2/c1-4-16(8-10(2)3)9-11-6-5-7-12(15)13(11)14(17)18/h5-7,10H,4,8-9,15H2,1-3H3,(H,17,18). The third-order valence-corrected chi connectivity index (χ3v) is 2.86. The Morgan fingerprint density at radius 3 is 2.61 bits per heavy atom. The maximum atomic E-state index is 11.2. The second-order valence-electron chi connectivity index (χ2n) is 4.91. The zero-order chi connectivity index (χ0) is 13.7. The number of nitrogens with zero attached hydrogens (tertiary/aromatic N) is 1. The van der Waals surface area contributed by atoms with Crippen molar-refractivity contribution in [1.82, 2.24) is 4.90 Å². The molecule has 0 spiro atoms. The number of hydrogen-bond acceptors (Lipinski definition) is 3. The molecule has 0 fully saturated rings. The molecule has 3 N–H and O–H groups in total. The van der Waals surface area contributed by atoms with Crippen LogP contribution in [0.25, 0.3) is 0 Å². The zero-order valence-corrected chi connectivity index (χ0v) is 11.3. The minimum Gasteiger partial charge on any atom is -0.478 e. The van der Waals surface area contributed by atoms with Gasteiger partial charge in [0, 0.05) is 18.8 Å². The van der Waals surface area contributed by atoms with Crippen molar-refractivity contribution < 1.29 is 9.90 Å². The van der Waals surface area contributed by atoms with Crippen LogP contribution in [-0.2, 0) is 6.54 Å². The van der Waals surface area contributed by atoms with Gasteiger partial charge in [0.15, 0.2) is 0 Å². The topological polar surface area (TPSA) is 66.6 Å². The summed E-state index contributed by atoms with van der Waals surface area (Å²) >= 11 is 0. The maximum Gasteiger partial charge on any atom is 0.338 e. The predicted octanol–water partition coefficient (Wildman–Crippen LogP) is 2.44. The van der Waals surface area contributed by atoms with Gasteiger partial charge in [-0.2, -0.15) is 0 Å². The minimum absolute atomic E-state index is 0.236. The number of rotatable bonds is 6. The van der Waals surface area contributed by atoms with E-state index in [4.69, 9.17) is 5.73 Å². The highest BCUT2D eigenvalue weighted by molar-refractivity contribution is 5.95. The maximum absolute atomic E-state index is 11.2. The van der Waals surface area contributed by atoms with Gasteiger partial charge >= 0.3 is 5.97 Å². The van der Waals surface area contributed by atoms with Crippen molar-refractivity contribution in [3.05, 3.63) is 29.3 Å². The SMILES string of the molecule is CCN(Cc1cccc(N)c1C(=O)O)CC(C)C. The molecule has 18 heavy (non-hydrogen) atoms. The molecule has 0 amide bonds. The van der Waals surface area contributed by atoms with E-state index in [1.54, 1.807) is 12.1 Å². The summed E-state index contributed by atoms with van der Waals surface area (Å²) in [5.41, 5.74) is 7.09. The summed E-state index contributed by atoms with van der Waals surface area (Å²) in [5.74, 6) is -0.400. The Morgan fingerprint density at radius 1 is 1.44 bits per heavy atom. The highest BCUT2D eigenvalue weighted by Crippen LogP contribution is 2.19. The number of nitrogen functional groups attached to an aromatic ring is 1. The van der Waals surface area contributed by atoms with Gasteiger partial charge in [-0.05, 0) is 24.1 Å². The number of carbonyl (C=O) groups is 1. The lowest BCUT2D eigenvalue weighted by molar-refractivity contribution is 0.0695. The van der Waals surface area contributed by atoms with E-state index in [-0.39, 0.29) is 5.56 Å². The molecule has 0 aliphatic rings. The lowest BCUT2D eigenvalue weighted by atomic mass is 10.0. The molecule has 4 nitrogen and oxygen atoms in total. The van der Waals surface area contributed by atoms with Crippen LogP contribution in [0.15, 0.2) is 18.2 Å². The molecule has 0 bridgehead atoms. The van der Waals surface area contributed by atoms with E-state index in [0.717, 1.165) is 18.7 Å². The largest absolute Gasteiger partial charge is 0.478 e. The van der Waals surface area contributed by atoms with Crippen LogP contribution >= 0.6 is 0 Å². The van der Waals surface area contributed by atoms with Crippen LogP contribution in [0.1, 0.15) is 36.7 Å². The van der Waals surface area contributed by atoms with Crippen molar-refractivity contribution in [3.63, 3.8) is 0 Å². The first-order valence-corrected chi connectivity index (χ1v) is 6.28. The van der Waals surface area contributed by atoms with Gasteiger partial charge in [0.1, 0.15) is 0 Å². The molecule has 0 aliphatic heterocycles. The van der Waals surface area contributed by atoms with Gasteiger partial charge in [-0.3, -0.25) is 4.90 Å². The van der Waals surface area contributed by atoms with E-state index in [2.05, 4.69) is 25.7 Å². The molecule has 0 aliphatic carbocycles. The second kappa shape index (κ2) is 6.40. The van der Waals surface area contributed by atoms with Gasteiger partial charge < -0.3 is 10.8 Å². The fourth-order valence-electron chi connectivity index (χ4n) is 2.08. The molecule has 100 valence electrons. The highest BCUT2D eigenvalue weighted by atomic mass is 16.4. The smallest absolute Gasteiger partial charge is 0.338 e. The summed E-state index contributed by atoms with van der Waals surface area (Å²) in [6.45, 7) is 8.85. The van der Waals surface area contributed by atoms with E-state index >= 15 is 0 Å². The molecular formula is C14H22N2O2.